The highest BCUT2D eigenvalue weighted by atomic mass is 16.5. The number of benzene rings is 1. The van der Waals surface area contributed by atoms with Crippen LogP contribution in [0.1, 0.15) is 17.3 Å². The van der Waals surface area contributed by atoms with Gasteiger partial charge in [0.25, 0.3) is 0 Å². The molecule has 0 unspecified atom stereocenters. The number of piperazine rings is 1. The summed E-state index contributed by atoms with van der Waals surface area (Å²) in [5.74, 6) is 2.21. The van der Waals surface area contributed by atoms with Crippen LogP contribution in [-0.2, 0) is 13.2 Å². The van der Waals surface area contributed by atoms with Gasteiger partial charge in [0.05, 0.1) is 18.7 Å². The number of para-hydroxylation sites is 1. The van der Waals surface area contributed by atoms with E-state index in [-0.39, 0.29) is 6.61 Å². The first-order valence-corrected chi connectivity index (χ1v) is 8.49. The van der Waals surface area contributed by atoms with Gasteiger partial charge in [-0.3, -0.25) is 4.90 Å². The normalized spacial score (nSPS) is 15.8. The van der Waals surface area contributed by atoms with Gasteiger partial charge in [-0.1, -0.05) is 23.4 Å². The van der Waals surface area contributed by atoms with Crippen molar-refractivity contribution in [1.29, 1.82) is 0 Å². The number of fused-ring (bicyclic) bond motifs is 1. The molecule has 7 nitrogen and oxygen atoms in total. The predicted octanol–water partition coefficient (Wildman–Crippen LogP) is 1.74. The Kier molecular flexibility index (Phi) is 4.33. The van der Waals surface area contributed by atoms with Crippen molar-refractivity contribution in [2.45, 2.75) is 20.1 Å². The third-order valence-corrected chi connectivity index (χ3v) is 4.55. The molecule has 0 amide bonds. The molecule has 1 aliphatic rings. The summed E-state index contributed by atoms with van der Waals surface area (Å²) in [5.41, 5.74) is 1.83. The highest BCUT2D eigenvalue weighted by molar-refractivity contribution is 5.81. The topological polar surface area (TPSA) is 78.5 Å². The Hall–Kier alpha value is -2.51. The number of aliphatic hydroxyl groups excluding tert-OH is 1. The summed E-state index contributed by atoms with van der Waals surface area (Å²) in [4.78, 5) is 13.6. The maximum Gasteiger partial charge on any atom is 0.240 e. The number of aliphatic hydroxyl groups is 1. The SMILES string of the molecule is Cc1noc(CN2CCN(c3nc4ccccc4cc3CO)CC2)n1. The van der Waals surface area contributed by atoms with Crippen LogP contribution in [0.15, 0.2) is 34.9 Å². The monoisotopic (exact) mass is 339 g/mol. The molecule has 0 spiro atoms. The van der Waals surface area contributed by atoms with E-state index in [1.807, 2.05) is 37.3 Å². The van der Waals surface area contributed by atoms with Crippen LogP contribution in [0.5, 0.6) is 0 Å². The van der Waals surface area contributed by atoms with Crippen molar-refractivity contribution in [2.75, 3.05) is 31.1 Å². The van der Waals surface area contributed by atoms with E-state index in [9.17, 15) is 5.11 Å². The highest BCUT2D eigenvalue weighted by Gasteiger charge is 2.22. The fraction of sp³-hybridized carbons (Fsp3) is 0.389. The minimum absolute atomic E-state index is 0.00531. The van der Waals surface area contributed by atoms with Crippen molar-refractivity contribution >= 4 is 16.7 Å². The summed E-state index contributed by atoms with van der Waals surface area (Å²) in [6.07, 6.45) is 0. The Morgan fingerprint density at radius 1 is 1.12 bits per heavy atom. The summed E-state index contributed by atoms with van der Waals surface area (Å²) in [5, 5.41) is 14.6. The number of aromatic nitrogens is 3. The lowest BCUT2D eigenvalue weighted by Gasteiger charge is -2.35. The minimum Gasteiger partial charge on any atom is -0.392 e. The van der Waals surface area contributed by atoms with Crippen LogP contribution in [0.25, 0.3) is 10.9 Å². The second kappa shape index (κ2) is 6.78. The van der Waals surface area contributed by atoms with E-state index in [0.717, 1.165) is 48.5 Å². The maximum atomic E-state index is 9.75. The molecule has 7 heteroatoms. The smallest absolute Gasteiger partial charge is 0.240 e. The predicted molar refractivity (Wildman–Crippen MR) is 94.2 cm³/mol. The molecule has 0 saturated carbocycles. The maximum absolute atomic E-state index is 9.75. The minimum atomic E-state index is -0.00531. The zero-order chi connectivity index (χ0) is 17.2. The Labute approximate surface area is 145 Å². The Morgan fingerprint density at radius 2 is 1.92 bits per heavy atom. The number of anilines is 1. The van der Waals surface area contributed by atoms with Gasteiger partial charge < -0.3 is 14.5 Å². The molecule has 1 fully saturated rings. The van der Waals surface area contributed by atoms with Gasteiger partial charge in [-0.2, -0.15) is 4.98 Å². The van der Waals surface area contributed by atoms with E-state index in [4.69, 9.17) is 9.51 Å². The fourth-order valence-electron chi connectivity index (χ4n) is 3.25. The number of pyridine rings is 1. The number of nitrogens with zero attached hydrogens (tertiary/aromatic N) is 5. The molecular formula is C18H21N5O2. The van der Waals surface area contributed by atoms with Crippen LogP contribution in [0.2, 0.25) is 0 Å². The average molecular weight is 339 g/mol. The van der Waals surface area contributed by atoms with Gasteiger partial charge in [-0.05, 0) is 19.1 Å². The third kappa shape index (κ3) is 3.33. The van der Waals surface area contributed by atoms with Gasteiger partial charge in [0, 0.05) is 37.1 Å². The van der Waals surface area contributed by atoms with Crippen LogP contribution in [0, 0.1) is 6.92 Å². The Balaban J connectivity index is 1.49. The molecule has 1 N–H and O–H groups in total. The van der Waals surface area contributed by atoms with Gasteiger partial charge in [0.15, 0.2) is 5.82 Å². The van der Waals surface area contributed by atoms with E-state index in [0.29, 0.717) is 18.3 Å². The molecule has 2 aromatic heterocycles. The number of aryl methyl sites for hydroxylation is 1. The van der Waals surface area contributed by atoms with Crippen LogP contribution < -0.4 is 4.90 Å². The lowest BCUT2D eigenvalue weighted by molar-refractivity contribution is 0.214. The summed E-state index contributed by atoms with van der Waals surface area (Å²) in [7, 11) is 0. The molecule has 4 rings (SSSR count). The van der Waals surface area contributed by atoms with Crippen molar-refractivity contribution in [3.8, 4) is 0 Å². The quantitative estimate of drug-likeness (QED) is 0.775. The third-order valence-electron chi connectivity index (χ3n) is 4.55. The van der Waals surface area contributed by atoms with Crippen LogP contribution in [0.4, 0.5) is 5.82 Å². The molecule has 1 aliphatic heterocycles. The van der Waals surface area contributed by atoms with Gasteiger partial charge >= 0.3 is 0 Å². The molecule has 1 aromatic carbocycles. The van der Waals surface area contributed by atoms with Crippen molar-refractivity contribution in [2.24, 2.45) is 0 Å². The van der Waals surface area contributed by atoms with Crippen LogP contribution in [0.3, 0.4) is 0 Å². The summed E-state index contributed by atoms with van der Waals surface area (Å²) >= 11 is 0. The molecular weight excluding hydrogens is 318 g/mol. The van der Waals surface area contributed by atoms with E-state index in [1.54, 1.807) is 0 Å². The van der Waals surface area contributed by atoms with Crippen molar-refractivity contribution < 1.29 is 9.63 Å². The van der Waals surface area contributed by atoms with Gasteiger partial charge in [-0.15, -0.1) is 0 Å². The lowest BCUT2D eigenvalue weighted by atomic mass is 10.1. The molecule has 25 heavy (non-hydrogen) atoms. The first-order valence-electron chi connectivity index (χ1n) is 8.49. The summed E-state index contributed by atoms with van der Waals surface area (Å²) in [6, 6.07) is 10.0. The number of rotatable bonds is 4. The summed E-state index contributed by atoms with van der Waals surface area (Å²) in [6.45, 7) is 5.98. The molecule has 0 bridgehead atoms. The highest BCUT2D eigenvalue weighted by Crippen LogP contribution is 2.25. The number of hydrogen-bond acceptors (Lipinski definition) is 7. The van der Waals surface area contributed by atoms with Gasteiger partial charge in [-0.25, -0.2) is 4.98 Å². The van der Waals surface area contributed by atoms with Crippen molar-refractivity contribution in [1.82, 2.24) is 20.0 Å². The van der Waals surface area contributed by atoms with Gasteiger partial charge in [0.2, 0.25) is 5.89 Å². The van der Waals surface area contributed by atoms with Crippen molar-refractivity contribution in [3.05, 3.63) is 47.6 Å². The van der Waals surface area contributed by atoms with E-state index >= 15 is 0 Å². The zero-order valence-corrected chi connectivity index (χ0v) is 14.2. The van der Waals surface area contributed by atoms with Crippen LogP contribution in [-0.4, -0.2) is 51.3 Å². The lowest BCUT2D eigenvalue weighted by Crippen LogP contribution is -2.46. The first kappa shape index (κ1) is 16.0. The second-order valence-corrected chi connectivity index (χ2v) is 6.32. The van der Waals surface area contributed by atoms with E-state index in [2.05, 4.69) is 19.9 Å². The Bertz CT molecular complexity index is 871. The van der Waals surface area contributed by atoms with Crippen molar-refractivity contribution in [3.63, 3.8) is 0 Å². The Morgan fingerprint density at radius 3 is 2.64 bits per heavy atom. The molecule has 0 aliphatic carbocycles. The first-order chi connectivity index (χ1) is 12.2. The molecule has 0 radical (unpaired) electrons. The average Bonchev–Trinajstić information content (AvgIpc) is 3.06. The molecule has 130 valence electrons. The molecule has 3 heterocycles. The molecule has 3 aromatic rings. The summed E-state index contributed by atoms with van der Waals surface area (Å²) < 4.78 is 5.20. The standard InChI is InChI=1S/C18H21N5O2/c1-13-19-17(25-21-13)11-22-6-8-23(9-7-22)18-15(12-24)10-14-4-2-3-5-16(14)20-18/h2-5,10,24H,6-9,11-12H2,1H3. The molecule has 0 atom stereocenters. The van der Waals surface area contributed by atoms with E-state index in [1.165, 1.54) is 0 Å². The fourth-order valence-corrected chi connectivity index (χ4v) is 3.25. The number of hydrogen-bond donors (Lipinski definition) is 1. The zero-order valence-electron chi connectivity index (χ0n) is 14.2. The van der Waals surface area contributed by atoms with Gasteiger partial charge in [0.1, 0.15) is 5.82 Å². The largest absolute Gasteiger partial charge is 0.392 e. The van der Waals surface area contributed by atoms with E-state index < -0.39 is 0 Å². The van der Waals surface area contributed by atoms with Crippen LogP contribution >= 0.6 is 0 Å². The molecule has 1 saturated heterocycles. The second-order valence-electron chi connectivity index (χ2n) is 6.32.